The Morgan fingerprint density at radius 2 is 1.85 bits per heavy atom. The molecule has 0 radical (unpaired) electrons. The molecule has 1 N–H and O–H groups in total. The Morgan fingerprint density at radius 3 is 2.35 bits per heavy atom. The molecule has 1 aliphatic carbocycles. The van der Waals surface area contributed by atoms with Crippen LogP contribution in [-0.4, -0.2) is 55.1 Å². The number of rotatable bonds is 6. The maximum Gasteiger partial charge on any atom is 0.269 e. The van der Waals surface area contributed by atoms with E-state index >= 15 is 0 Å². The summed E-state index contributed by atoms with van der Waals surface area (Å²) in [6, 6.07) is 4.61. The molecule has 5 nitrogen and oxygen atoms in total. The predicted molar refractivity (Wildman–Crippen MR) is 107 cm³/mol. The first-order valence-corrected chi connectivity index (χ1v) is 10.2. The summed E-state index contributed by atoms with van der Waals surface area (Å²) in [5.74, 6) is 0.772. The summed E-state index contributed by atoms with van der Waals surface area (Å²) >= 11 is 0. The zero-order valence-electron chi connectivity index (χ0n) is 16.8. The Labute approximate surface area is 158 Å². The second-order valence-electron chi connectivity index (χ2n) is 8.19. The van der Waals surface area contributed by atoms with Crippen molar-refractivity contribution < 1.29 is 4.79 Å². The second kappa shape index (κ2) is 7.95. The molecule has 1 saturated carbocycles. The number of hydrogen-bond donors (Lipinski definition) is 1. The van der Waals surface area contributed by atoms with Crippen LogP contribution in [-0.2, 0) is 0 Å². The molecule has 0 atom stereocenters. The van der Waals surface area contributed by atoms with Crippen molar-refractivity contribution >= 4 is 11.6 Å². The van der Waals surface area contributed by atoms with Gasteiger partial charge < -0.3 is 10.2 Å². The predicted octanol–water partition coefficient (Wildman–Crippen LogP) is 3.17. The van der Waals surface area contributed by atoms with E-state index < -0.39 is 0 Å². The summed E-state index contributed by atoms with van der Waals surface area (Å²) in [7, 11) is 1.63. The Hall–Kier alpha value is -1.62. The number of nitrogens with zero attached hydrogens (tertiary/aromatic N) is 3. The third-order valence-corrected chi connectivity index (χ3v) is 7.12. The number of hydrogen-bond acceptors (Lipinski definition) is 4. The summed E-state index contributed by atoms with van der Waals surface area (Å²) in [6.45, 7) is 11.5. The average Bonchev–Trinajstić information content (AvgIpc) is 2.66. The molecule has 0 bridgehead atoms. The smallest absolute Gasteiger partial charge is 0.269 e. The summed E-state index contributed by atoms with van der Waals surface area (Å²) < 4.78 is 0. The van der Waals surface area contributed by atoms with Crippen LogP contribution >= 0.6 is 0 Å². The van der Waals surface area contributed by atoms with E-state index in [2.05, 4.69) is 40.9 Å². The monoisotopic (exact) mass is 358 g/mol. The number of carbonyl (C=O) groups is 1. The van der Waals surface area contributed by atoms with Crippen LogP contribution in [0.1, 0.15) is 56.9 Å². The lowest BCUT2D eigenvalue weighted by Crippen LogP contribution is -2.56. The minimum Gasteiger partial charge on any atom is -0.368 e. The standard InChI is InChI=1S/C21H34N4O/c1-5-21(3,6-2)16-13-18(14-16)25-11-9-24(10-12-25)17-7-8-19(23-15-17)20(26)22-4/h7-8,15-16,18H,5-6,9-14H2,1-4H3,(H,22,26). The van der Waals surface area contributed by atoms with Crippen molar-refractivity contribution in [2.45, 2.75) is 52.5 Å². The molecule has 0 spiro atoms. The fourth-order valence-corrected chi connectivity index (χ4v) is 4.46. The molecule has 3 rings (SSSR count). The Morgan fingerprint density at radius 1 is 1.19 bits per heavy atom. The van der Waals surface area contributed by atoms with Crippen molar-refractivity contribution in [1.29, 1.82) is 0 Å². The van der Waals surface area contributed by atoms with E-state index in [4.69, 9.17) is 0 Å². The molecule has 2 fully saturated rings. The molecule has 2 heterocycles. The van der Waals surface area contributed by atoms with Gasteiger partial charge in [-0.05, 0) is 36.3 Å². The third-order valence-electron chi connectivity index (χ3n) is 7.12. The first kappa shape index (κ1) is 19.2. The van der Waals surface area contributed by atoms with Gasteiger partial charge in [0.25, 0.3) is 5.91 Å². The molecular formula is C21H34N4O. The van der Waals surface area contributed by atoms with E-state index in [1.54, 1.807) is 7.05 Å². The number of carbonyl (C=O) groups excluding carboxylic acids is 1. The van der Waals surface area contributed by atoms with Gasteiger partial charge >= 0.3 is 0 Å². The van der Waals surface area contributed by atoms with Crippen LogP contribution < -0.4 is 10.2 Å². The molecule has 2 aliphatic rings. The molecule has 1 aliphatic heterocycles. The van der Waals surface area contributed by atoms with Gasteiger partial charge in [0.15, 0.2) is 0 Å². The highest BCUT2D eigenvalue weighted by Gasteiger charge is 2.43. The SMILES string of the molecule is CCC(C)(CC)C1CC(N2CCN(c3ccc(C(=O)NC)nc3)CC2)C1. The van der Waals surface area contributed by atoms with E-state index in [0.29, 0.717) is 11.1 Å². The number of anilines is 1. The topological polar surface area (TPSA) is 48.5 Å². The van der Waals surface area contributed by atoms with E-state index in [1.807, 2.05) is 18.3 Å². The molecule has 5 heteroatoms. The van der Waals surface area contributed by atoms with Gasteiger partial charge in [-0.2, -0.15) is 0 Å². The van der Waals surface area contributed by atoms with E-state index in [0.717, 1.165) is 43.8 Å². The third kappa shape index (κ3) is 3.73. The first-order valence-electron chi connectivity index (χ1n) is 10.2. The molecule has 0 aromatic carbocycles. The zero-order valence-corrected chi connectivity index (χ0v) is 16.8. The Kier molecular flexibility index (Phi) is 5.86. The maximum atomic E-state index is 11.6. The number of aromatic nitrogens is 1. The highest BCUT2D eigenvalue weighted by Crippen LogP contribution is 2.48. The zero-order chi connectivity index (χ0) is 18.7. The number of pyridine rings is 1. The fraction of sp³-hybridized carbons (Fsp3) is 0.714. The molecule has 26 heavy (non-hydrogen) atoms. The van der Waals surface area contributed by atoms with Crippen molar-refractivity contribution in [3.05, 3.63) is 24.0 Å². The average molecular weight is 359 g/mol. The number of piperazine rings is 1. The van der Waals surface area contributed by atoms with Crippen molar-refractivity contribution in [3.8, 4) is 0 Å². The van der Waals surface area contributed by atoms with Crippen LogP contribution in [0.3, 0.4) is 0 Å². The van der Waals surface area contributed by atoms with Crippen molar-refractivity contribution in [2.24, 2.45) is 11.3 Å². The normalized spacial score (nSPS) is 24.2. The lowest BCUT2D eigenvalue weighted by Gasteiger charge is -2.52. The van der Waals surface area contributed by atoms with Gasteiger partial charge in [0, 0.05) is 39.3 Å². The second-order valence-corrected chi connectivity index (χ2v) is 8.19. The van der Waals surface area contributed by atoms with Crippen LogP contribution in [0.2, 0.25) is 0 Å². The van der Waals surface area contributed by atoms with Crippen molar-refractivity contribution in [2.75, 3.05) is 38.1 Å². The molecule has 144 valence electrons. The number of amides is 1. The Balaban J connectivity index is 1.49. The maximum absolute atomic E-state index is 11.6. The molecule has 1 amide bonds. The minimum absolute atomic E-state index is 0.132. The largest absolute Gasteiger partial charge is 0.368 e. The molecular weight excluding hydrogens is 324 g/mol. The van der Waals surface area contributed by atoms with Crippen LogP contribution in [0.4, 0.5) is 5.69 Å². The fourth-order valence-electron chi connectivity index (χ4n) is 4.46. The highest BCUT2D eigenvalue weighted by atomic mass is 16.1. The summed E-state index contributed by atoms with van der Waals surface area (Å²) in [5, 5.41) is 2.61. The molecule has 1 aromatic heterocycles. The van der Waals surface area contributed by atoms with Gasteiger partial charge in [0.05, 0.1) is 11.9 Å². The van der Waals surface area contributed by atoms with Crippen molar-refractivity contribution in [1.82, 2.24) is 15.2 Å². The molecule has 1 aromatic rings. The van der Waals surface area contributed by atoms with E-state index in [9.17, 15) is 4.79 Å². The van der Waals surface area contributed by atoms with Gasteiger partial charge in [-0.25, -0.2) is 4.98 Å². The minimum atomic E-state index is -0.132. The van der Waals surface area contributed by atoms with Gasteiger partial charge in [-0.1, -0.05) is 33.6 Å². The van der Waals surface area contributed by atoms with Gasteiger partial charge in [-0.3, -0.25) is 9.69 Å². The van der Waals surface area contributed by atoms with Crippen LogP contribution in [0, 0.1) is 11.3 Å². The molecule has 0 unspecified atom stereocenters. The summed E-state index contributed by atoms with van der Waals surface area (Å²) in [5.41, 5.74) is 2.13. The lowest BCUT2D eigenvalue weighted by atomic mass is 9.61. The van der Waals surface area contributed by atoms with Gasteiger partial charge in [-0.15, -0.1) is 0 Å². The van der Waals surface area contributed by atoms with Gasteiger partial charge in [0.2, 0.25) is 0 Å². The first-order chi connectivity index (χ1) is 12.5. The summed E-state index contributed by atoms with van der Waals surface area (Å²) in [6.07, 6.45) is 7.18. The Bertz CT molecular complexity index is 597. The van der Waals surface area contributed by atoms with Crippen molar-refractivity contribution in [3.63, 3.8) is 0 Å². The number of nitrogens with one attached hydrogen (secondary N) is 1. The lowest BCUT2D eigenvalue weighted by molar-refractivity contribution is -0.00161. The van der Waals surface area contributed by atoms with E-state index in [-0.39, 0.29) is 5.91 Å². The van der Waals surface area contributed by atoms with Gasteiger partial charge in [0.1, 0.15) is 5.69 Å². The van der Waals surface area contributed by atoms with E-state index in [1.165, 1.54) is 25.7 Å². The summed E-state index contributed by atoms with van der Waals surface area (Å²) in [4.78, 5) is 21.0. The van der Waals surface area contributed by atoms with Crippen LogP contribution in [0.5, 0.6) is 0 Å². The highest BCUT2D eigenvalue weighted by molar-refractivity contribution is 5.92. The van der Waals surface area contributed by atoms with Crippen LogP contribution in [0.25, 0.3) is 0 Å². The van der Waals surface area contributed by atoms with Crippen LogP contribution in [0.15, 0.2) is 18.3 Å². The quantitative estimate of drug-likeness (QED) is 0.848. The molecule has 1 saturated heterocycles.